The summed E-state index contributed by atoms with van der Waals surface area (Å²) >= 11 is 0. The second-order valence-electron chi connectivity index (χ2n) is 3.70. The first-order chi connectivity index (χ1) is 6.95. The number of pyridine rings is 1. The molecule has 1 fully saturated rings. The van der Waals surface area contributed by atoms with Gasteiger partial charge in [-0.15, -0.1) is 0 Å². The highest BCUT2D eigenvalue weighted by molar-refractivity contribution is 5.48. The molecular formula is C12H16N2. The molecule has 1 unspecified atom stereocenters. The van der Waals surface area contributed by atoms with Crippen LogP contribution in [0.5, 0.6) is 0 Å². The standard InChI is InChI=1S/C12H16N2/c1-2-8-14-12(3-1)5-4-11-6-9-13-10-7-11/h4-7,9-10,12,14H,1-3,8H2/b5-4+. The molecule has 2 heteroatoms. The van der Waals surface area contributed by atoms with Crippen molar-refractivity contribution in [3.8, 4) is 0 Å². The van der Waals surface area contributed by atoms with Crippen molar-refractivity contribution in [1.82, 2.24) is 10.3 Å². The van der Waals surface area contributed by atoms with Gasteiger partial charge in [0.25, 0.3) is 0 Å². The second kappa shape index (κ2) is 4.91. The van der Waals surface area contributed by atoms with Crippen LogP contribution in [0, 0.1) is 0 Å². The fourth-order valence-corrected chi connectivity index (χ4v) is 1.74. The summed E-state index contributed by atoms with van der Waals surface area (Å²) < 4.78 is 0. The average molecular weight is 188 g/mol. The van der Waals surface area contributed by atoms with Crippen LogP contribution in [-0.2, 0) is 0 Å². The van der Waals surface area contributed by atoms with Crippen molar-refractivity contribution < 1.29 is 0 Å². The molecule has 2 nitrogen and oxygen atoms in total. The Balaban J connectivity index is 1.93. The first-order valence-electron chi connectivity index (χ1n) is 5.27. The third-order valence-corrected chi connectivity index (χ3v) is 2.58. The molecule has 1 N–H and O–H groups in total. The third-order valence-electron chi connectivity index (χ3n) is 2.58. The number of hydrogen-bond acceptors (Lipinski definition) is 2. The SMILES string of the molecule is C(=C\C1CCCCN1)/c1ccncc1. The van der Waals surface area contributed by atoms with Gasteiger partial charge in [-0.05, 0) is 37.1 Å². The van der Waals surface area contributed by atoms with Crippen molar-refractivity contribution in [2.75, 3.05) is 6.54 Å². The minimum absolute atomic E-state index is 0.567. The lowest BCUT2D eigenvalue weighted by molar-refractivity contribution is 0.455. The zero-order chi connectivity index (χ0) is 9.64. The van der Waals surface area contributed by atoms with Crippen LogP contribution in [0.4, 0.5) is 0 Å². The highest BCUT2D eigenvalue weighted by Crippen LogP contribution is 2.09. The smallest absolute Gasteiger partial charge is 0.0273 e. The number of aromatic nitrogens is 1. The Hall–Kier alpha value is -1.15. The maximum atomic E-state index is 3.99. The largest absolute Gasteiger partial charge is 0.311 e. The fourth-order valence-electron chi connectivity index (χ4n) is 1.74. The maximum absolute atomic E-state index is 3.99. The fraction of sp³-hybridized carbons (Fsp3) is 0.417. The summed E-state index contributed by atoms with van der Waals surface area (Å²) in [5.41, 5.74) is 1.23. The molecule has 1 aliphatic heterocycles. The Morgan fingerprint density at radius 1 is 1.29 bits per heavy atom. The highest BCUT2D eigenvalue weighted by atomic mass is 14.9. The lowest BCUT2D eigenvalue weighted by atomic mass is 10.0. The highest BCUT2D eigenvalue weighted by Gasteiger charge is 2.07. The Morgan fingerprint density at radius 3 is 2.86 bits per heavy atom. The van der Waals surface area contributed by atoms with Gasteiger partial charge in [0.05, 0.1) is 0 Å². The molecule has 1 aliphatic rings. The number of hydrogen-bond donors (Lipinski definition) is 1. The van der Waals surface area contributed by atoms with E-state index >= 15 is 0 Å². The molecule has 2 rings (SSSR count). The summed E-state index contributed by atoms with van der Waals surface area (Å²) in [6.07, 6.45) is 12.0. The second-order valence-corrected chi connectivity index (χ2v) is 3.70. The van der Waals surface area contributed by atoms with Crippen molar-refractivity contribution >= 4 is 6.08 Å². The quantitative estimate of drug-likeness (QED) is 0.770. The summed E-state index contributed by atoms with van der Waals surface area (Å²) in [5.74, 6) is 0. The first-order valence-corrected chi connectivity index (χ1v) is 5.27. The van der Waals surface area contributed by atoms with Crippen molar-refractivity contribution in [3.05, 3.63) is 36.2 Å². The summed E-state index contributed by atoms with van der Waals surface area (Å²) in [6.45, 7) is 1.16. The van der Waals surface area contributed by atoms with Gasteiger partial charge in [-0.2, -0.15) is 0 Å². The molecule has 0 saturated carbocycles. The zero-order valence-corrected chi connectivity index (χ0v) is 8.32. The molecule has 1 saturated heterocycles. The van der Waals surface area contributed by atoms with E-state index in [9.17, 15) is 0 Å². The minimum atomic E-state index is 0.567. The van der Waals surface area contributed by atoms with Crippen LogP contribution >= 0.6 is 0 Å². The van der Waals surface area contributed by atoms with Crippen molar-refractivity contribution in [3.63, 3.8) is 0 Å². The van der Waals surface area contributed by atoms with Crippen molar-refractivity contribution in [2.24, 2.45) is 0 Å². The predicted molar refractivity (Wildman–Crippen MR) is 58.9 cm³/mol. The van der Waals surface area contributed by atoms with Crippen molar-refractivity contribution in [2.45, 2.75) is 25.3 Å². The van der Waals surface area contributed by atoms with E-state index in [-0.39, 0.29) is 0 Å². The van der Waals surface area contributed by atoms with Gasteiger partial charge in [0, 0.05) is 18.4 Å². The van der Waals surface area contributed by atoms with Gasteiger partial charge in [-0.1, -0.05) is 18.6 Å². The van der Waals surface area contributed by atoms with Gasteiger partial charge in [0.1, 0.15) is 0 Å². The van der Waals surface area contributed by atoms with Crippen LogP contribution in [0.25, 0.3) is 6.08 Å². The Labute approximate surface area is 85.1 Å². The Bertz CT molecular complexity index is 286. The molecule has 0 aliphatic carbocycles. The van der Waals surface area contributed by atoms with Gasteiger partial charge < -0.3 is 5.32 Å². The Kier molecular flexibility index (Phi) is 3.30. The molecule has 0 radical (unpaired) electrons. The molecule has 0 amide bonds. The van der Waals surface area contributed by atoms with Gasteiger partial charge >= 0.3 is 0 Å². The molecule has 74 valence electrons. The monoisotopic (exact) mass is 188 g/mol. The molecule has 1 aromatic heterocycles. The van der Waals surface area contributed by atoms with Crippen LogP contribution in [0.3, 0.4) is 0 Å². The van der Waals surface area contributed by atoms with Crippen LogP contribution in [0.15, 0.2) is 30.6 Å². The van der Waals surface area contributed by atoms with E-state index in [0.29, 0.717) is 6.04 Å². The molecular weight excluding hydrogens is 172 g/mol. The Morgan fingerprint density at radius 2 is 2.14 bits per heavy atom. The summed E-state index contributed by atoms with van der Waals surface area (Å²) in [4.78, 5) is 3.99. The molecule has 1 aromatic rings. The van der Waals surface area contributed by atoms with Gasteiger partial charge in [-0.3, -0.25) is 4.98 Å². The van der Waals surface area contributed by atoms with Gasteiger partial charge in [-0.25, -0.2) is 0 Å². The van der Waals surface area contributed by atoms with Crippen molar-refractivity contribution in [1.29, 1.82) is 0 Å². The van der Waals surface area contributed by atoms with E-state index in [2.05, 4.69) is 22.5 Å². The minimum Gasteiger partial charge on any atom is -0.311 e. The third kappa shape index (κ3) is 2.67. The van der Waals surface area contributed by atoms with E-state index < -0.39 is 0 Å². The number of piperidine rings is 1. The molecule has 0 aromatic carbocycles. The topological polar surface area (TPSA) is 24.9 Å². The van der Waals surface area contributed by atoms with Crippen LogP contribution in [0.2, 0.25) is 0 Å². The molecule has 1 atom stereocenters. The lowest BCUT2D eigenvalue weighted by Crippen LogP contribution is -2.31. The molecule has 0 bridgehead atoms. The summed E-state index contributed by atoms with van der Waals surface area (Å²) in [7, 11) is 0. The number of nitrogens with one attached hydrogen (secondary N) is 1. The molecule has 2 heterocycles. The molecule has 0 spiro atoms. The van der Waals surface area contributed by atoms with Gasteiger partial charge in [0.15, 0.2) is 0 Å². The average Bonchev–Trinajstić information content (AvgIpc) is 2.29. The normalized spacial score (nSPS) is 22.7. The number of rotatable bonds is 2. The number of nitrogens with zero attached hydrogens (tertiary/aromatic N) is 1. The van der Waals surface area contributed by atoms with E-state index in [0.717, 1.165) is 6.54 Å². The van der Waals surface area contributed by atoms with E-state index in [1.165, 1.54) is 24.8 Å². The molecule has 14 heavy (non-hydrogen) atoms. The van der Waals surface area contributed by atoms with E-state index in [4.69, 9.17) is 0 Å². The lowest BCUT2D eigenvalue weighted by Gasteiger charge is -2.19. The zero-order valence-electron chi connectivity index (χ0n) is 8.32. The van der Waals surface area contributed by atoms with Crippen LogP contribution in [0.1, 0.15) is 24.8 Å². The first kappa shape index (κ1) is 9.41. The maximum Gasteiger partial charge on any atom is 0.0273 e. The van der Waals surface area contributed by atoms with Crippen LogP contribution in [-0.4, -0.2) is 17.6 Å². The van der Waals surface area contributed by atoms with Gasteiger partial charge in [0.2, 0.25) is 0 Å². The predicted octanol–water partition coefficient (Wildman–Crippen LogP) is 2.24. The van der Waals surface area contributed by atoms with E-state index in [1.807, 2.05) is 24.5 Å². The van der Waals surface area contributed by atoms with E-state index in [1.54, 1.807) is 0 Å². The summed E-state index contributed by atoms with van der Waals surface area (Å²) in [6, 6.07) is 4.62. The van der Waals surface area contributed by atoms with Crippen LogP contribution < -0.4 is 5.32 Å². The summed E-state index contributed by atoms with van der Waals surface area (Å²) in [5, 5.41) is 3.49.